The molecule has 19 heavy (non-hydrogen) atoms. The Bertz CT molecular complexity index is 605. The van der Waals surface area contributed by atoms with Gasteiger partial charge in [0.25, 0.3) is 0 Å². The van der Waals surface area contributed by atoms with Crippen LogP contribution in [0.5, 0.6) is 0 Å². The van der Waals surface area contributed by atoms with E-state index in [1.54, 1.807) is 0 Å². The van der Waals surface area contributed by atoms with Crippen molar-refractivity contribution in [2.75, 3.05) is 0 Å². The van der Waals surface area contributed by atoms with E-state index in [0.29, 0.717) is 5.13 Å². The molecule has 5 nitrogen and oxygen atoms in total. The second-order valence-corrected chi connectivity index (χ2v) is 6.18. The molecule has 0 fully saturated rings. The highest BCUT2D eigenvalue weighted by Gasteiger charge is 2.20. The van der Waals surface area contributed by atoms with Gasteiger partial charge in [-0.25, -0.2) is 0 Å². The van der Waals surface area contributed by atoms with Crippen molar-refractivity contribution >= 4 is 22.4 Å². The average Bonchev–Trinajstić information content (AvgIpc) is 2.75. The van der Waals surface area contributed by atoms with Crippen LogP contribution in [0.25, 0.3) is 10.6 Å². The summed E-state index contributed by atoms with van der Waals surface area (Å²) in [6, 6.07) is 8.17. The lowest BCUT2D eigenvalue weighted by Gasteiger charge is -2.21. The zero-order valence-electron chi connectivity index (χ0n) is 11.2. The van der Waals surface area contributed by atoms with Crippen molar-refractivity contribution in [1.29, 1.82) is 0 Å². The van der Waals surface area contributed by atoms with Gasteiger partial charge in [0.1, 0.15) is 5.01 Å². The average molecular weight is 275 g/mol. The Morgan fingerprint density at radius 1 is 1.16 bits per heavy atom. The Balaban J connectivity index is 2.48. The molecule has 0 radical (unpaired) electrons. The van der Waals surface area contributed by atoms with Gasteiger partial charge in [-0.1, -0.05) is 56.4 Å². The first-order valence-electron chi connectivity index (χ1n) is 5.91. The normalized spacial score (nSPS) is 11.3. The molecule has 1 heterocycles. The molecule has 0 atom stereocenters. The van der Waals surface area contributed by atoms with Gasteiger partial charge in [0.05, 0.1) is 0 Å². The van der Waals surface area contributed by atoms with Crippen LogP contribution >= 0.6 is 11.3 Å². The number of guanidine groups is 1. The minimum absolute atomic E-state index is 0.00759. The third-order valence-electron chi connectivity index (χ3n) is 2.60. The van der Waals surface area contributed by atoms with Gasteiger partial charge in [0, 0.05) is 5.56 Å². The second-order valence-electron chi connectivity index (χ2n) is 5.22. The Morgan fingerprint density at radius 3 is 2.47 bits per heavy atom. The smallest absolute Gasteiger partial charge is 0.235 e. The zero-order valence-corrected chi connectivity index (χ0v) is 12.0. The predicted octanol–water partition coefficient (Wildman–Crippen LogP) is 2.41. The maximum Gasteiger partial charge on any atom is 0.235 e. The largest absolute Gasteiger partial charge is 0.370 e. The quantitative estimate of drug-likeness (QED) is 0.650. The highest BCUT2D eigenvalue weighted by Crippen LogP contribution is 2.35. The molecule has 0 aliphatic rings. The van der Waals surface area contributed by atoms with E-state index in [2.05, 4.69) is 42.0 Å². The van der Waals surface area contributed by atoms with Crippen LogP contribution < -0.4 is 11.5 Å². The van der Waals surface area contributed by atoms with Crippen molar-refractivity contribution in [2.45, 2.75) is 26.2 Å². The van der Waals surface area contributed by atoms with Crippen LogP contribution in [0.1, 0.15) is 26.3 Å². The fourth-order valence-electron chi connectivity index (χ4n) is 1.80. The van der Waals surface area contributed by atoms with E-state index in [4.69, 9.17) is 11.5 Å². The first-order valence-corrected chi connectivity index (χ1v) is 6.72. The van der Waals surface area contributed by atoms with Gasteiger partial charge in [-0.3, -0.25) is 0 Å². The van der Waals surface area contributed by atoms with E-state index in [-0.39, 0.29) is 11.4 Å². The zero-order chi connectivity index (χ0) is 14.0. The topological polar surface area (TPSA) is 90.2 Å². The SMILES string of the molecule is CC(C)(C)c1ccccc1-c1nnc(N=C(N)N)s1. The number of aliphatic imine (C=N–C) groups is 1. The van der Waals surface area contributed by atoms with Gasteiger partial charge in [-0.05, 0) is 11.0 Å². The molecule has 4 N–H and O–H groups in total. The molecule has 0 unspecified atom stereocenters. The summed E-state index contributed by atoms with van der Waals surface area (Å²) in [7, 11) is 0. The number of aromatic nitrogens is 2. The summed E-state index contributed by atoms with van der Waals surface area (Å²) in [6.45, 7) is 6.51. The molecule has 0 aliphatic heterocycles. The Kier molecular flexibility index (Phi) is 3.53. The summed E-state index contributed by atoms with van der Waals surface area (Å²) in [5, 5.41) is 9.44. The second kappa shape index (κ2) is 4.97. The van der Waals surface area contributed by atoms with Crippen LogP contribution in [0.3, 0.4) is 0 Å². The van der Waals surface area contributed by atoms with Gasteiger partial charge in [0.2, 0.25) is 5.13 Å². The van der Waals surface area contributed by atoms with Crippen LogP contribution in [0.4, 0.5) is 5.13 Å². The van der Waals surface area contributed by atoms with Gasteiger partial charge in [0.15, 0.2) is 5.96 Å². The van der Waals surface area contributed by atoms with Crippen LogP contribution in [-0.2, 0) is 5.41 Å². The number of benzene rings is 1. The highest BCUT2D eigenvalue weighted by molar-refractivity contribution is 7.18. The molecule has 0 spiro atoms. The van der Waals surface area contributed by atoms with Gasteiger partial charge < -0.3 is 11.5 Å². The number of rotatable bonds is 2. The van der Waals surface area contributed by atoms with Gasteiger partial charge >= 0.3 is 0 Å². The first kappa shape index (κ1) is 13.5. The Labute approximate surface area is 116 Å². The van der Waals surface area contributed by atoms with E-state index < -0.39 is 0 Å². The molecule has 2 rings (SSSR count). The number of nitrogens with two attached hydrogens (primary N) is 2. The Hall–Kier alpha value is -1.95. The summed E-state index contributed by atoms with van der Waals surface area (Å²) in [6.07, 6.45) is 0. The van der Waals surface area contributed by atoms with E-state index in [1.165, 1.54) is 16.9 Å². The summed E-state index contributed by atoms with van der Waals surface area (Å²) in [5.41, 5.74) is 13.0. The van der Waals surface area contributed by atoms with Crippen LogP contribution in [0.15, 0.2) is 29.3 Å². The van der Waals surface area contributed by atoms with Crippen molar-refractivity contribution in [3.8, 4) is 10.6 Å². The lowest BCUT2D eigenvalue weighted by Crippen LogP contribution is -2.21. The van der Waals surface area contributed by atoms with E-state index in [9.17, 15) is 0 Å². The summed E-state index contributed by atoms with van der Waals surface area (Å²) < 4.78 is 0. The fraction of sp³-hybridized carbons (Fsp3) is 0.308. The third-order valence-corrected chi connectivity index (χ3v) is 3.45. The third kappa shape index (κ3) is 3.08. The van der Waals surface area contributed by atoms with Crippen molar-refractivity contribution in [3.05, 3.63) is 29.8 Å². The minimum atomic E-state index is -0.00759. The van der Waals surface area contributed by atoms with Crippen molar-refractivity contribution in [1.82, 2.24) is 10.2 Å². The molecule has 0 bridgehead atoms. The molecule has 1 aromatic carbocycles. The van der Waals surface area contributed by atoms with E-state index in [0.717, 1.165) is 10.6 Å². The molecular weight excluding hydrogens is 258 g/mol. The standard InChI is InChI=1S/C13H17N5S/c1-13(2,3)9-7-5-4-6-8(9)10-17-18-12(19-10)16-11(14)15/h4-7H,1-3H3,(H4,14,15,16,18). The summed E-state index contributed by atoms with van der Waals surface area (Å²) in [4.78, 5) is 3.91. The van der Waals surface area contributed by atoms with E-state index >= 15 is 0 Å². The van der Waals surface area contributed by atoms with Crippen LogP contribution in [0.2, 0.25) is 0 Å². The molecule has 0 amide bonds. The molecule has 0 saturated heterocycles. The maximum absolute atomic E-state index is 5.34. The summed E-state index contributed by atoms with van der Waals surface area (Å²) in [5.74, 6) is -0.00759. The van der Waals surface area contributed by atoms with Crippen molar-refractivity contribution in [2.24, 2.45) is 16.5 Å². The predicted molar refractivity (Wildman–Crippen MR) is 79.5 cm³/mol. The number of nitrogens with zero attached hydrogens (tertiary/aromatic N) is 3. The Morgan fingerprint density at radius 2 is 1.84 bits per heavy atom. The number of hydrogen-bond donors (Lipinski definition) is 2. The van der Waals surface area contributed by atoms with Gasteiger partial charge in [-0.2, -0.15) is 4.99 Å². The van der Waals surface area contributed by atoms with Crippen LogP contribution in [-0.4, -0.2) is 16.2 Å². The maximum atomic E-state index is 5.34. The minimum Gasteiger partial charge on any atom is -0.370 e. The number of hydrogen-bond acceptors (Lipinski definition) is 4. The molecule has 100 valence electrons. The van der Waals surface area contributed by atoms with E-state index in [1.807, 2.05) is 18.2 Å². The molecule has 1 aromatic heterocycles. The highest BCUT2D eigenvalue weighted by atomic mass is 32.1. The molecule has 6 heteroatoms. The lowest BCUT2D eigenvalue weighted by molar-refractivity contribution is 0.592. The van der Waals surface area contributed by atoms with Gasteiger partial charge in [-0.15, -0.1) is 10.2 Å². The first-order chi connectivity index (χ1) is 8.88. The molecular formula is C13H17N5S. The molecule has 2 aromatic rings. The summed E-state index contributed by atoms with van der Waals surface area (Å²) >= 11 is 1.37. The fourth-order valence-corrected chi connectivity index (χ4v) is 2.58. The van der Waals surface area contributed by atoms with Crippen molar-refractivity contribution in [3.63, 3.8) is 0 Å². The molecule has 0 saturated carbocycles. The molecule has 0 aliphatic carbocycles. The lowest BCUT2D eigenvalue weighted by atomic mass is 9.84. The monoisotopic (exact) mass is 275 g/mol. The van der Waals surface area contributed by atoms with Crippen LogP contribution in [0, 0.1) is 0 Å². The van der Waals surface area contributed by atoms with Crippen molar-refractivity contribution < 1.29 is 0 Å².